The molecule has 12 heavy (non-hydrogen) atoms. The molecule has 1 radical (unpaired) electrons. The molecule has 1 atom stereocenters. The molecule has 0 aromatic carbocycles. The molecule has 0 aliphatic rings. The lowest BCUT2D eigenvalue weighted by atomic mass is 10.2. The number of thioether (sulfide) groups is 1. The molecule has 0 saturated heterocycles. The first-order valence-electron chi connectivity index (χ1n) is 3.86. The third-order valence-corrected chi connectivity index (χ3v) is 2.94. The largest absolute Gasteiger partial charge is 0.480 e. The van der Waals surface area contributed by atoms with E-state index in [-0.39, 0.29) is 6.04 Å². The maximum Gasteiger partial charge on any atom is 0.320 e. The highest BCUT2D eigenvalue weighted by Gasteiger charge is 2.17. The van der Waals surface area contributed by atoms with Gasteiger partial charge in [0.05, 0.1) is 0 Å². The van der Waals surface area contributed by atoms with E-state index >= 15 is 0 Å². The predicted molar refractivity (Wildman–Crippen MR) is 55.0 cm³/mol. The van der Waals surface area contributed by atoms with Crippen molar-refractivity contribution in [1.82, 2.24) is 4.98 Å². The lowest BCUT2D eigenvalue weighted by Gasteiger charge is -2.15. The summed E-state index contributed by atoms with van der Waals surface area (Å²) in [5, 5.41) is 8.79. The van der Waals surface area contributed by atoms with E-state index in [0.717, 1.165) is 5.75 Å². The molecule has 0 amide bonds. The minimum absolute atomic E-state index is 0.346. The van der Waals surface area contributed by atoms with Crippen molar-refractivity contribution in [3.63, 3.8) is 0 Å². The van der Waals surface area contributed by atoms with Crippen LogP contribution in [0.3, 0.4) is 0 Å². The van der Waals surface area contributed by atoms with Crippen molar-refractivity contribution in [3.8, 4) is 0 Å². The van der Waals surface area contributed by atoms with Crippen LogP contribution in [0.25, 0.3) is 0 Å². The highest BCUT2D eigenvalue weighted by Crippen LogP contribution is 2.01. The van der Waals surface area contributed by atoms with Crippen LogP contribution in [0.15, 0.2) is 0 Å². The topological polar surface area (TPSA) is 49.3 Å². The molecule has 3 nitrogen and oxygen atoms in total. The lowest BCUT2D eigenvalue weighted by molar-refractivity contribution is -0.139. The molecule has 0 aliphatic heterocycles. The van der Waals surface area contributed by atoms with Gasteiger partial charge in [0.2, 0.25) is 0 Å². The zero-order valence-electron chi connectivity index (χ0n) is 7.76. The van der Waals surface area contributed by atoms with Gasteiger partial charge in [0.1, 0.15) is 15.0 Å². The van der Waals surface area contributed by atoms with Crippen molar-refractivity contribution in [1.29, 1.82) is 0 Å². The summed E-state index contributed by atoms with van der Waals surface area (Å²) in [7, 11) is -0.648. The van der Waals surface area contributed by atoms with Gasteiger partial charge in [-0.25, -0.2) is 0 Å². The van der Waals surface area contributed by atoms with E-state index in [4.69, 9.17) is 5.11 Å². The zero-order chi connectivity index (χ0) is 9.56. The van der Waals surface area contributed by atoms with Gasteiger partial charge in [0.15, 0.2) is 0 Å². The second-order valence-electron chi connectivity index (χ2n) is 2.82. The first-order valence-corrected chi connectivity index (χ1v) is 7.75. The molecular formula is C7H16NO2SSi. The van der Waals surface area contributed by atoms with Gasteiger partial charge in [-0.15, -0.1) is 0 Å². The van der Waals surface area contributed by atoms with Crippen LogP contribution < -0.4 is 4.98 Å². The summed E-state index contributed by atoms with van der Waals surface area (Å²) < 4.78 is 0. The summed E-state index contributed by atoms with van der Waals surface area (Å²) in [5.74, 6) is 0.175. The van der Waals surface area contributed by atoms with E-state index in [1.165, 1.54) is 0 Å². The molecule has 0 aromatic heterocycles. The molecule has 2 N–H and O–H groups in total. The van der Waals surface area contributed by atoms with Crippen LogP contribution in [-0.4, -0.2) is 38.1 Å². The highest BCUT2D eigenvalue weighted by molar-refractivity contribution is 7.98. The van der Waals surface area contributed by atoms with Gasteiger partial charge >= 0.3 is 5.97 Å². The molecule has 1 unspecified atom stereocenters. The van der Waals surface area contributed by atoms with E-state index in [1.54, 1.807) is 11.8 Å². The molecule has 0 heterocycles. The van der Waals surface area contributed by atoms with Gasteiger partial charge in [0.25, 0.3) is 0 Å². The highest BCUT2D eigenvalue weighted by atomic mass is 32.2. The van der Waals surface area contributed by atoms with Crippen LogP contribution in [0.4, 0.5) is 0 Å². The van der Waals surface area contributed by atoms with Crippen molar-refractivity contribution in [2.75, 3.05) is 12.0 Å². The van der Waals surface area contributed by atoms with E-state index in [2.05, 4.69) is 18.1 Å². The smallest absolute Gasteiger partial charge is 0.320 e. The van der Waals surface area contributed by atoms with Crippen molar-refractivity contribution in [2.24, 2.45) is 0 Å². The zero-order valence-corrected chi connectivity index (χ0v) is 9.57. The molecule has 0 aromatic rings. The summed E-state index contributed by atoms with van der Waals surface area (Å²) in [6.45, 7) is 4.11. The Bertz CT molecular complexity index is 143. The summed E-state index contributed by atoms with van der Waals surface area (Å²) >= 11 is 1.68. The summed E-state index contributed by atoms with van der Waals surface area (Å²) in [6.07, 6.45) is 2.70. The fourth-order valence-corrected chi connectivity index (χ4v) is 2.28. The number of nitrogens with one attached hydrogen (secondary N) is 1. The molecule has 0 fully saturated rings. The molecular weight excluding hydrogens is 190 g/mol. The number of carbonyl (C=O) groups is 1. The first kappa shape index (κ1) is 12.0. The van der Waals surface area contributed by atoms with Crippen molar-refractivity contribution >= 4 is 26.7 Å². The Labute approximate surface area is 79.6 Å². The average molecular weight is 206 g/mol. The minimum atomic E-state index is -0.727. The van der Waals surface area contributed by atoms with Crippen LogP contribution in [0.1, 0.15) is 6.42 Å². The first-order chi connectivity index (χ1) is 5.57. The van der Waals surface area contributed by atoms with Gasteiger partial charge in [-0.2, -0.15) is 11.8 Å². The molecule has 0 bridgehead atoms. The van der Waals surface area contributed by atoms with Crippen molar-refractivity contribution < 1.29 is 9.90 Å². The molecule has 0 saturated carbocycles. The van der Waals surface area contributed by atoms with Gasteiger partial charge in [0, 0.05) is 0 Å². The number of rotatable bonds is 6. The van der Waals surface area contributed by atoms with Crippen molar-refractivity contribution in [3.05, 3.63) is 0 Å². The maximum absolute atomic E-state index is 10.7. The predicted octanol–water partition coefficient (Wildman–Crippen LogP) is 1.03. The number of hydrogen-bond donors (Lipinski definition) is 2. The van der Waals surface area contributed by atoms with Crippen LogP contribution in [0.2, 0.25) is 13.1 Å². The van der Waals surface area contributed by atoms with E-state index in [9.17, 15) is 4.79 Å². The molecule has 0 rings (SSSR count). The maximum atomic E-state index is 10.7. The third kappa shape index (κ3) is 5.62. The monoisotopic (exact) mass is 206 g/mol. The fourth-order valence-electron chi connectivity index (χ4n) is 0.842. The van der Waals surface area contributed by atoms with Crippen molar-refractivity contribution in [2.45, 2.75) is 25.6 Å². The Balaban J connectivity index is 3.78. The quantitative estimate of drug-likeness (QED) is 0.637. The van der Waals surface area contributed by atoms with Crippen LogP contribution >= 0.6 is 11.8 Å². The minimum Gasteiger partial charge on any atom is -0.480 e. The normalized spacial score (nSPS) is 13.3. The van der Waals surface area contributed by atoms with E-state index < -0.39 is 14.9 Å². The van der Waals surface area contributed by atoms with Crippen LogP contribution in [0.5, 0.6) is 0 Å². The fraction of sp³-hybridized carbons (Fsp3) is 0.857. The third-order valence-electron chi connectivity index (χ3n) is 1.37. The SMILES string of the molecule is CSCCC(N[Si](C)C)C(=O)O. The number of carboxylic acids is 1. The molecule has 0 aliphatic carbocycles. The standard InChI is InChI=1S/C7H16NO2SSi/c1-11-5-4-6(7(9)10)8-12(2)3/h6,8H,4-5H2,1-3H3,(H,9,10). The summed E-state index contributed by atoms with van der Waals surface area (Å²) in [5.41, 5.74) is 0. The second-order valence-corrected chi connectivity index (χ2v) is 6.09. The van der Waals surface area contributed by atoms with Gasteiger partial charge in [-0.05, 0) is 18.4 Å². The second kappa shape index (κ2) is 6.51. The Morgan fingerprint density at radius 1 is 1.67 bits per heavy atom. The summed E-state index contributed by atoms with van der Waals surface area (Å²) in [6, 6.07) is -0.346. The molecule has 71 valence electrons. The average Bonchev–Trinajstić information content (AvgIpc) is 1.96. The number of hydrogen-bond acceptors (Lipinski definition) is 3. The molecule has 5 heteroatoms. The van der Waals surface area contributed by atoms with Crippen LogP contribution in [-0.2, 0) is 4.79 Å². The summed E-state index contributed by atoms with van der Waals surface area (Å²) in [4.78, 5) is 13.8. The van der Waals surface area contributed by atoms with Crippen LogP contribution in [0, 0.1) is 0 Å². The number of aliphatic carboxylic acids is 1. The Morgan fingerprint density at radius 3 is 2.58 bits per heavy atom. The van der Waals surface area contributed by atoms with E-state index in [0.29, 0.717) is 6.42 Å². The lowest BCUT2D eigenvalue weighted by Crippen LogP contribution is -2.43. The number of carboxylic acid groups (broad SMARTS) is 1. The Morgan fingerprint density at radius 2 is 2.25 bits per heavy atom. The van der Waals surface area contributed by atoms with Gasteiger partial charge in [-0.1, -0.05) is 13.1 Å². The van der Waals surface area contributed by atoms with Gasteiger partial charge in [-0.3, -0.25) is 4.79 Å². The Kier molecular flexibility index (Phi) is 6.50. The molecule has 0 spiro atoms. The van der Waals surface area contributed by atoms with Gasteiger partial charge < -0.3 is 10.1 Å². The van der Waals surface area contributed by atoms with E-state index in [1.807, 2.05) is 6.26 Å². The Hall–Kier alpha value is -0.00312.